The first-order chi connectivity index (χ1) is 17.9. The molecule has 0 aliphatic carbocycles. The Labute approximate surface area is 212 Å². The SMILES string of the molecule is Nc1ncc(N2CCOCC2)n(CC(=O)NCc2cc3cnccc3n2S(=O)(=O)c2ccccc2)c1=O. The van der Waals surface area contributed by atoms with E-state index in [9.17, 15) is 18.0 Å². The van der Waals surface area contributed by atoms with Gasteiger partial charge < -0.3 is 20.7 Å². The van der Waals surface area contributed by atoms with Gasteiger partial charge in [-0.3, -0.25) is 19.1 Å². The standard InChI is InChI=1S/C24H25N7O5S/c25-23-24(33)30(22(15-28-23)29-8-10-36-11-9-29)16-21(32)27-14-18-12-17-13-26-7-6-20(17)31(18)37(34,35)19-4-2-1-3-5-19/h1-7,12-13,15H,8-11,14,16H2,(H2,25,28)(H,27,32). The van der Waals surface area contributed by atoms with Gasteiger partial charge in [0.15, 0.2) is 5.82 Å². The van der Waals surface area contributed by atoms with Crippen LogP contribution >= 0.6 is 0 Å². The van der Waals surface area contributed by atoms with Crippen LogP contribution in [0, 0.1) is 0 Å². The number of nitrogens with two attached hydrogens (primary N) is 1. The Balaban J connectivity index is 1.43. The van der Waals surface area contributed by atoms with Gasteiger partial charge in [-0.05, 0) is 24.3 Å². The number of ether oxygens (including phenoxy) is 1. The number of rotatable bonds is 7. The Bertz CT molecular complexity index is 1610. The van der Waals surface area contributed by atoms with E-state index in [-0.39, 0.29) is 23.8 Å². The first-order valence-electron chi connectivity index (χ1n) is 11.6. The number of anilines is 2. The molecule has 0 spiro atoms. The van der Waals surface area contributed by atoms with E-state index in [0.29, 0.717) is 48.7 Å². The van der Waals surface area contributed by atoms with E-state index < -0.39 is 21.5 Å². The number of benzene rings is 1. The summed E-state index contributed by atoms with van der Waals surface area (Å²) in [6, 6.07) is 11.3. The molecule has 13 heteroatoms. The molecule has 4 heterocycles. The molecular weight excluding hydrogens is 498 g/mol. The maximum Gasteiger partial charge on any atom is 0.295 e. The normalized spacial score (nSPS) is 14.1. The largest absolute Gasteiger partial charge is 0.379 e. The van der Waals surface area contributed by atoms with Gasteiger partial charge in [-0.25, -0.2) is 17.4 Å². The van der Waals surface area contributed by atoms with Crippen molar-refractivity contribution in [2.75, 3.05) is 36.9 Å². The van der Waals surface area contributed by atoms with E-state index in [1.807, 2.05) is 4.90 Å². The second-order valence-corrected chi connectivity index (χ2v) is 10.2. The highest BCUT2D eigenvalue weighted by Crippen LogP contribution is 2.25. The van der Waals surface area contributed by atoms with Crippen LogP contribution in [0.5, 0.6) is 0 Å². The number of nitrogen functional groups attached to an aromatic ring is 1. The zero-order chi connectivity index (χ0) is 26.0. The number of amides is 1. The maximum absolute atomic E-state index is 13.5. The third-order valence-electron chi connectivity index (χ3n) is 6.07. The van der Waals surface area contributed by atoms with Gasteiger partial charge >= 0.3 is 0 Å². The summed E-state index contributed by atoms with van der Waals surface area (Å²) in [5, 5.41) is 3.35. The number of aromatic nitrogens is 4. The van der Waals surface area contributed by atoms with Crippen molar-refractivity contribution in [1.82, 2.24) is 23.8 Å². The fourth-order valence-corrected chi connectivity index (χ4v) is 5.84. The van der Waals surface area contributed by atoms with Crippen molar-refractivity contribution in [3.05, 3.63) is 77.1 Å². The highest BCUT2D eigenvalue weighted by molar-refractivity contribution is 7.90. The molecule has 1 saturated heterocycles. The second kappa shape index (κ2) is 10.0. The quantitative estimate of drug-likeness (QED) is 0.354. The third kappa shape index (κ3) is 4.78. The molecule has 1 amide bonds. The molecule has 0 bridgehead atoms. The molecule has 0 radical (unpaired) electrons. The van der Waals surface area contributed by atoms with Crippen LogP contribution in [0.4, 0.5) is 11.6 Å². The molecule has 5 rings (SSSR count). The van der Waals surface area contributed by atoms with Gasteiger partial charge in [-0.15, -0.1) is 0 Å². The lowest BCUT2D eigenvalue weighted by Gasteiger charge is -2.30. The lowest BCUT2D eigenvalue weighted by molar-refractivity contribution is -0.121. The summed E-state index contributed by atoms with van der Waals surface area (Å²) in [7, 11) is -3.95. The van der Waals surface area contributed by atoms with Gasteiger partial charge in [-0.2, -0.15) is 0 Å². The van der Waals surface area contributed by atoms with Crippen LogP contribution in [0.2, 0.25) is 0 Å². The predicted octanol–water partition coefficient (Wildman–Crippen LogP) is 0.565. The molecule has 1 aliphatic rings. The van der Waals surface area contributed by atoms with Crippen molar-refractivity contribution >= 4 is 38.5 Å². The first-order valence-corrected chi connectivity index (χ1v) is 13.0. The minimum atomic E-state index is -3.95. The van der Waals surface area contributed by atoms with Crippen LogP contribution in [0.15, 0.2) is 70.7 Å². The number of nitrogens with one attached hydrogen (secondary N) is 1. The average Bonchev–Trinajstić information content (AvgIpc) is 3.30. The summed E-state index contributed by atoms with van der Waals surface area (Å²) in [6.07, 6.45) is 4.54. The van der Waals surface area contributed by atoms with Gasteiger partial charge in [-0.1, -0.05) is 18.2 Å². The van der Waals surface area contributed by atoms with Crippen LogP contribution in [0.3, 0.4) is 0 Å². The number of fused-ring (bicyclic) bond motifs is 1. The molecule has 0 unspecified atom stereocenters. The van der Waals surface area contributed by atoms with E-state index in [0.717, 1.165) is 0 Å². The van der Waals surface area contributed by atoms with Crippen molar-refractivity contribution < 1.29 is 17.9 Å². The minimum absolute atomic E-state index is 0.0955. The van der Waals surface area contributed by atoms with Gasteiger partial charge in [0.2, 0.25) is 5.91 Å². The Hall–Kier alpha value is -4.23. The summed E-state index contributed by atoms with van der Waals surface area (Å²) < 4.78 is 34.9. The monoisotopic (exact) mass is 523 g/mol. The molecule has 1 fully saturated rings. The van der Waals surface area contributed by atoms with E-state index in [1.165, 1.54) is 33.1 Å². The van der Waals surface area contributed by atoms with Crippen molar-refractivity contribution in [3.63, 3.8) is 0 Å². The zero-order valence-electron chi connectivity index (χ0n) is 19.8. The van der Waals surface area contributed by atoms with Gasteiger partial charge in [0, 0.05) is 30.9 Å². The second-order valence-electron chi connectivity index (χ2n) is 8.42. The van der Waals surface area contributed by atoms with Crippen molar-refractivity contribution in [1.29, 1.82) is 0 Å². The number of carbonyl (C=O) groups is 1. The molecule has 12 nitrogen and oxygen atoms in total. The summed E-state index contributed by atoms with van der Waals surface area (Å²) in [4.78, 5) is 35.8. The van der Waals surface area contributed by atoms with Crippen molar-refractivity contribution in [2.24, 2.45) is 0 Å². The first kappa shape index (κ1) is 24.5. The predicted molar refractivity (Wildman–Crippen MR) is 137 cm³/mol. The Kier molecular flexibility index (Phi) is 6.63. The molecule has 37 heavy (non-hydrogen) atoms. The number of hydrogen-bond donors (Lipinski definition) is 2. The molecule has 4 aromatic rings. The molecule has 3 N–H and O–H groups in total. The van der Waals surface area contributed by atoms with Crippen molar-refractivity contribution in [2.45, 2.75) is 18.0 Å². The third-order valence-corrected chi connectivity index (χ3v) is 7.85. The summed E-state index contributed by atoms with van der Waals surface area (Å²) in [6.45, 7) is 1.64. The fourth-order valence-electron chi connectivity index (χ4n) is 4.27. The molecule has 1 aromatic carbocycles. The van der Waals surface area contributed by atoms with Gasteiger partial charge in [0.25, 0.3) is 15.6 Å². The Morgan fingerprint density at radius 1 is 1.11 bits per heavy atom. The fraction of sp³-hybridized carbons (Fsp3) is 0.250. The van der Waals surface area contributed by atoms with Crippen molar-refractivity contribution in [3.8, 4) is 0 Å². The summed E-state index contributed by atoms with van der Waals surface area (Å²) in [5.74, 6) is -0.245. The van der Waals surface area contributed by atoms with Crippen LogP contribution in [-0.2, 0) is 32.6 Å². The van der Waals surface area contributed by atoms with Crippen LogP contribution in [0.25, 0.3) is 10.9 Å². The lowest BCUT2D eigenvalue weighted by atomic mass is 10.3. The zero-order valence-corrected chi connectivity index (χ0v) is 20.6. The summed E-state index contributed by atoms with van der Waals surface area (Å²) in [5.41, 5.74) is 5.94. The number of nitrogens with zero attached hydrogens (tertiary/aromatic N) is 5. The molecule has 0 atom stereocenters. The van der Waals surface area contributed by atoms with Crippen LogP contribution in [0.1, 0.15) is 5.69 Å². The smallest absolute Gasteiger partial charge is 0.295 e. The van der Waals surface area contributed by atoms with E-state index in [2.05, 4.69) is 15.3 Å². The van der Waals surface area contributed by atoms with Gasteiger partial charge in [0.1, 0.15) is 12.4 Å². The maximum atomic E-state index is 13.5. The number of pyridine rings is 1. The molecule has 3 aromatic heterocycles. The number of morpholine rings is 1. The van der Waals surface area contributed by atoms with E-state index >= 15 is 0 Å². The average molecular weight is 524 g/mol. The highest BCUT2D eigenvalue weighted by Gasteiger charge is 2.24. The van der Waals surface area contributed by atoms with Crippen LogP contribution < -0.4 is 21.5 Å². The molecule has 0 saturated carbocycles. The Morgan fingerprint density at radius 3 is 2.62 bits per heavy atom. The van der Waals surface area contributed by atoms with Gasteiger partial charge in [0.05, 0.1) is 42.1 Å². The Morgan fingerprint density at radius 2 is 1.86 bits per heavy atom. The molecule has 1 aliphatic heterocycles. The number of carbonyl (C=O) groups excluding carboxylic acids is 1. The van der Waals surface area contributed by atoms with Crippen LogP contribution in [-0.4, -0.2) is 59.1 Å². The molecule has 192 valence electrons. The topological polar surface area (TPSA) is 154 Å². The highest BCUT2D eigenvalue weighted by atomic mass is 32.2. The number of hydrogen-bond acceptors (Lipinski definition) is 9. The summed E-state index contributed by atoms with van der Waals surface area (Å²) >= 11 is 0. The van der Waals surface area contributed by atoms with E-state index in [4.69, 9.17) is 10.5 Å². The van der Waals surface area contributed by atoms with E-state index in [1.54, 1.807) is 36.5 Å². The molecular formula is C24H25N7O5S. The minimum Gasteiger partial charge on any atom is -0.379 e. The lowest BCUT2D eigenvalue weighted by Crippen LogP contribution is -2.42.